The molecule has 1 fully saturated rings. The first-order valence-corrected chi connectivity index (χ1v) is 9.32. The zero-order chi connectivity index (χ0) is 16.3. The summed E-state index contributed by atoms with van der Waals surface area (Å²) in [5, 5.41) is 0. The monoisotopic (exact) mass is 428 g/mol. The van der Waals surface area contributed by atoms with Gasteiger partial charge in [-0.05, 0) is 34.8 Å². The lowest BCUT2D eigenvalue weighted by molar-refractivity contribution is 0.256. The Hall–Kier alpha value is -0.540. The number of benzene rings is 1. The van der Waals surface area contributed by atoms with Crippen LogP contribution in [0.3, 0.4) is 0 Å². The first-order valence-electron chi connectivity index (χ1n) is 7.09. The molecule has 0 radical (unpaired) electrons. The van der Waals surface area contributed by atoms with Crippen molar-refractivity contribution in [3.05, 3.63) is 16.6 Å². The summed E-state index contributed by atoms with van der Waals surface area (Å²) in [5.74, 6) is 0.731. The minimum atomic E-state index is -3.69. The number of nitrogens with two attached hydrogens (primary N) is 1. The van der Waals surface area contributed by atoms with Crippen molar-refractivity contribution >= 4 is 38.4 Å². The lowest BCUT2D eigenvalue weighted by Crippen LogP contribution is -2.47. The summed E-state index contributed by atoms with van der Waals surface area (Å²) in [7, 11) is -0.747. The van der Waals surface area contributed by atoms with Crippen LogP contribution in [0.1, 0.15) is 19.3 Å². The van der Waals surface area contributed by atoms with E-state index in [0.717, 1.165) is 19.3 Å². The van der Waals surface area contributed by atoms with E-state index in [1.54, 1.807) is 6.07 Å². The summed E-state index contributed by atoms with van der Waals surface area (Å²) in [6.45, 7) is 0.793. The SMILES string of the molecule is COc1cc(S(=O)(=O)N2CCCCC2CN)c(OC)cc1Br.Cl. The van der Waals surface area contributed by atoms with Gasteiger partial charge in [0.05, 0.1) is 18.7 Å². The van der Waals surface area contributed by atoms with Gasteiger partial charge in [0.2, 0.25) is 10.0 Å². The summed E-state index contributed by atoms with van der Waals surface area (Å²) >= 11 is 3.34. The molecule has 1 heterocycles. The van der Waals surface area contributed by atoms with Gasteiger partial charge in [0.1, 0.15) is 16.4 Å². The van der Waals surface area contributed by atoms with Crippen LogP contribution in [-0.4, -0.2) is 46.1 Å². The van der Waals surface area contributed by atoms with Crippen molar-refractivity contribution in [2.24, 2.45) is 5.73 Å². The number of piperidine rings is 1. The Balaban J connectivity index is 0.00000264. The Morgan fingerprint density at radius 1 is 1.26 bits per heavy atom. The largest absolute Gasteiger partial charge is 0.496 e. The maximum atomic E-state index is 13.0. The molecular weight excluding hydrogens is 408 g/mol. The fraction of sp³-hybridized carbons (Fsp3) is 0.571. The minimum absolute atomic E-state index is 0. The zero-order valence-corrected chi connectivity index (χ0v) is 16.3. The second-order valence-electron chi connectivity index (χ2n) is 5.14. The summed E-state index contributed by atoms with van der Waals surface area (Å²) < 4.78 is 38.7. The van der Waals surface area contributed by atoms with Crippen LogP contribution >= 0.6 is 28.3 Å². The maximum Gasteiger partial charge on any atom is 0.247 e. The molecule has 23 heavy (non-hydrogen) atoms. The molecule has 0 saturated carbocycles. The minimum Gasteiger partial charge on any atom is -0.496 e. The molecule has 1 unspecified atom stereocenters. The van der Waals surface area contributed by atoms with Gasteiger partial charge in [0.25, 0.3) is 0 Å². The summed E-state index contributed by atoms with van der Waals surface area (Å²) in [5.41, 5.74) is 5.75. The summed E-state index contributed by atoms with van der Waals surface area (Å²) in [6, 6.07) is 2.92. The maximum absolute atomic E-state index is 13.0. The van der Waals surface area contributed by atoms with Gasteiger partial charge in [0.15, 0.2) is 0 Å². The average molecular weight is 430 g/mol. The first-order chi connectivity index (χ1) is 10.5. The standard InChI is InChI=1S/C14H21BrN2O4S.ClH/c1-20-12-8-14(13(21-2)7-11(12)15)22(18,19)17-6-4-3-5-10(17)9-16;/h7-8,10H,3-6,9,16H2,1-2H3;1H. The Morgan fingerprint density at radius 2 is 1.91 bits per heavy atom. The van der Waals surface area contributed by atoms with E-state index >= 15 is 0 Å². The number of hydrogen-bond donors (Lipinski definition) is 1. The number of halogens is 2. The Labute approximate surface area is 151 Å². The van der Waals surface area contributed by atoms with Gasteiger partial charge in [-0.2, -0.15) is 4.31 Å². The molecule has 1 atom stereocenters. The average Bonchev–Trinajstić information content (AvgIpc) is 2.54. The summed E-state index contributed by atoms with van der Waals surface area (Å²) in [4.78, 5) is 0.107. The van der Waals surface area contributed by atoms with Crippen molar-refractivity contribution < 1.29 is 17.9 Å². The summed E-state index contributed by atoms with van der Waals surface area (Å²) in [6.07, 6.45) is 2.62. The molecule has 6 nitrogen and oxygen atoms in total. The van der Waals surface area contributed by atoms with Crippen molar-refractivity contribution in [3.8, 4) is 11.5 Å². The smallest absolute Gasteiger partial charge is 0.247 e. The van der Waals surface area contributed by atoms with Crippen LogP contribution in [0.2, 0.25) is 0 Å². The van der Waals surface area contributed by atoms with E-state index < -0.39 is 10.0 Å². The van der Waals surface area contributed by atoms with Gasteiger partial charge < -0.3 is 15.2 Å². The first kappa shape index (κ1) is 20.5. The lowest BCUT2D eigenvalue weighted by atomic mass is 10.1. The quantitative estimate of drug-likeness (QED) is 0.777. The van der Waals surface area contributed by atoms with Crippen molar-refractivity contribution in [1.29, 1.82) is 0 Å². The predicted molar refractivity (Wildman–Crippen MR) is 95.1 cm³/mol. The molecule has 9 heteroatoms. The van der Waals surface area contributed by atoms with Crippen molar-refractivity contribution in [1.82, 2.24) is 4.31 Å². The van der Waals surface area contributed by atoms with E-state index in [1.807, 2.05) is 0 Å². The Morgan fingerprint density at radius 3 is 2.48 bits per heavy atom. The van der Waals surface area contributed by atoms with Crippen LogP contribution in [-0.2, 0) is 10.0 Å². The van der Waals surface area contributed by atoms with Gasteiger partial charge in [-0.15, -0.1) is 12.4 Å². The van der Waals surface area contributed by atoms with E-state index in [9.17, 15) is 8.42 Å². The molecule has 1 aliphatic rings. The Kier molecular flexibility index (Phi) is 7.60. The number of methoxy groups -OCH3 is 2. The molecule has 0 amide bonds. The highest BCUT2D eigenvalue weighted by molar-refractivity contribution is 9.10. The van der Waals surface area contributed by atoms with Gasteiger partial charge in [-0.25, -0.2) is 8.42 Å². The lowest BCUT2D eigenvalue weighted by Gasteiger charge is -2.34. The van der Waals surface area contributed by atoms with Gasteiger partial charge in [-0.3, -0.25) is 0 Å². The van der Waals surface area contributed by atoms with Crippen molar-refractivity contribution in [2.45, 2.75) is 30.2 Å². The normalized spacial score (nSPS) is 19.0. The molecule has 1 aliphatic heterocycles. The van der Waals surface area contributed by atoms with Crippen LogP contribution in [0.5, 0.6) is 11.5 Å². The van der Waals surface area contributed by atoms with Gasteiger partial charge >= 0.3 is 0 Å². The highest BCUT2D eigenvalue weighted by Crippen LogP contribution is 2.37. The number of rotatable bonds is 5. The van der Waals surface area contributed by atoms with Crippen LogP contribution in [0, 0.1) is 0 Å². The van der Waals surface area contributed by atoms with Crippen molar-refractivity contribution in [2.75, 3.05) is 27.3 Å². The second-order valence-corrected chi connectivity index (χ2v) is 7.85. The van der Waals surface area contributed by atoms with Crippen molar-refractivity contribution in [3.63, 3.8) is 0 Å². The van der Waals surface area contributed by atoms with Crippen LogP contribution in [0.15, 0.2) is 21.5 Å². The fourth-order valence-corrected chi connectivity index (χ4v) is 5.03. The molecule has 0 bridgehead atoms. The molecule has 0 aliphatic carbocycles. The van der Waals surface area contributed by atoms with Gasteiger partial charge in [0, 0.05) is 25.2 Å². The van der Waals surface area contributed by atoms with E-state index in [-0.39, 0.29) is 29.1 Å². The molecule has 1 aromatic rings. The highest BCUT2D eigenvalue weighted by atomic mass is 79.9. The number of hydrogen-bond acceptors (Lipinski definition) is 5. The predicted octanol–water partition coefficient (Wildman–Crippen LogP) is 2.39. The molecule has 2 rings (SSSR count). The second kappa shape index (κ2) is 8.53. The Bertz CT molecular complexity index is 642. The topological polar surface area (TPSA) is 81.9 Å². The molecule has 1 saturated heterocycles. The molecule has 1 aromatic carbocycles. The third-order valence-corrected chi connectivity index (χ3v) is 6.46. The van der Waals surface area contributed by atoms with E-state index in [0.29, 0.717) is 23.3 Å². The van der Waals surface area contributed by atoms with Crippen LogP contribution in [0.25, 0.3) is 0 Å². The fourth-order valence-electron chi connectivity index (χ4n) is 2.69. The zero-order valence-electron chi connectivity index (χ0n) is 13.1. The van der Waals surface area contributed by atoms with Gasteiger partial charge in [-0.1, -0.05) is 6.42 Å². The van der Waals surface area contributed by atoms with Crippen LogP contribution in [0.4, 0.5) is 0 Å². The molecular formula is C14H22BrClN2O4S. The third kappa shape index (κ3) is 4.11. The third-order valence-electron chi connectivity index (χ3n) is 3.87. The molecule has 132 valence electrons. The molecule has 0 spiro atoms. The van der Waals surface area contributed by atoms with Crippen LogP contribution < -0.4 is 15.2 Å². The number of sulfonamides is 1. The van der Waals surface area contributed by atoms with E-state index in [4.69, 9.17) is 15.2 Å². The molecule has 2 N–H and O–H groups in total. The highest BCUT2D eigenvalue weighted by Gasteiger charge is 2.35. The van der Waals surface area contributed by atoms with E-state index in [1.165, 1.54) is 24.6 Å². The number of ether oxygens (including phenoxy) is 2. The molecule has 0 aromatic heterocycles. The number of nitrogens with zero attached hydrogens (tertiary/aromatic N) is 1. The van der Waals surface area contributed by atoms with E-state index in [2.05, 4.69) is 15.9 Å².